The lowest BCUT2D eigenvalue weighted by molar-refractivity contribution is 0.570. The van der Waals surface area contributed by atoms with Crippen LogP contribution in [0, 0.1) is 12.8 Å². The zero-order chi connectivity index (χ0) is 11.1. The highest BCUT2D eigenvalue weighted by Gasteiger charge is 2.03. The molecule has 1 rings (SSSR count). The Hall–Kier alpha value is -0.470. The Labute approximate surface area is 97.7 Å². The number of benzene rings is 1. The largest absolute Gasteiger partial charge is 0.320 e. The Morgan fingerprint density at radius 3 is 2.73 bits per heavy atom. The first-order chi connectivity index (χ1) is 7.24. The van der Waals surface area contributed by atoms with Crippen LogP contribution in [0.1, 0.15) is 18.9 Å². The van der Waals surface area contributed by atoms with Gasteiger partial charge < -0.3 is 5.32 Å². The van der Waals surface area contributed by atoms with Crippen LogP contribution < -0.4 is 5.32 Å². The fourth-order valence-corrected chi connectivity index (χ4v) is 2.53. The van der Waals surface area contributed by atoms with E-state index in [2.05, 4.69) is 43.4 Å². The predicted octanol–water partition coefficient (Wildman–Crippen LogP) is 3.33. The SMILES string of the molecule is CNCCC(C)CSc1ccccc1C. The lowest BCUT2D eigenvalue weighted by atomic mass is 10.1. The molecule has 0 amide bonds. The summed E-state index contributed by atoms with van der Waals surface area (Å²) in [6.45, 7) is 5.62. The third-order valence-electron chi connectivity index (χ3n) is 2.50. The van der Waals surface area contributed by atoms with E-state index in [-0.39, 0.29) is 0 Å². The van der Waals surface area contributed by atoms with Crippen molar-refractivity contribution >= 4 is 11.8 Å². The summed E-state index contributed by atoms with van der Waals surface area (Å²) in [6.07, 6.45) is 1.26. The summed E-state index contributed by atoms with van der Waals surface area (Å²) in [7, 11) is 2.02. The molecular formula is C13H21NS. The monoisotopic (exact) mass is 223 g/mol. The highest BCUT2D eigenvalue weighted by Crippen LogP contribution is 2.24. The van der Waals surface area contributed by atoms with Gasteiger partial charge in [0.15, 0.2) is 0 Å². The third kappa shape index (κ3) is 4.72. The Balaban J connectivity index is 2.33. The smallest absolute Gasteiger partial charge is 0.0101 e. The molecule has 0 saturated heterocycles. The highest BCUT2D eigenvalue weighted by molar-refractivity contribution is 7.99. The van der Waals surface area contributed by atoms with Crippen molar-refractivity contribution in [3.05, 3.63) is 29.8 Å². The Kier molecular flexibility index (Phi) is 5.81. The minimum atomic E-state index is 0.780. The van der Waals surface area contributed by atoms with Crippen molar-refractivity contribution in [2.75, 3.05) is 19.3 Å². The first-order valence-corrected chi connectivity index (χ1v) is 6.55. The molecule has 1 N–H and O–H groups in total. The maximum atomic E-state index is 3.20. The summed E-state index contributed by atoms with van der Waals surface area (Å²) in [5.41, 5.74) is 1.39. The van der Waals surface area contributed by atoms with Crippen molar-refractivity contribution in [2.24, 2.45) is 5.92 Å². The van der Waals surface area contributed by atoms with E-state index in [9.17, 15) is 0 Å². The molecule has 1 atom stereocenters. The number of rotatable bonds is 6. The molecule has 1 aromatic rings. The summed E-state index contributed by atoms with van der Waals surface area (Å²) in [6, 6.07) is 8.61. The second kappa shape index (κ2) is 6.91. The summed E-state index contributed by atoms with van der Waals surface area (Å²) < 4.78 is 0. The van der Waals surface area contributed by atoms with E-state index in [1.54, 1.807) is 0 Å². The van der Waals surface area contributed by atoms with Crippen LogP contribution in [0.15, 0.2) is 29.2 Å². The maximum absolute atomic E-state index is 3.20. The van der Waals surface area contributed by atoms with Gasteiger partial charge in [-0.15, -0.1) is 11.8 Å². The second-order valence-electron chi connectivity index (χ2n) is 4.07. The van der Waals surface area contributed by atoms with Crippen LogP contribution in [0.5, 0.6) is 0 Å². The molecule has 0 aliphatic heterocycles. The van der Waals surface area contributed by atoms with Gasteiger partial charge in [-0.1, -0.05) is 25.1 Å². The molecule has 0 spiro atoms. The van der Waals surface area contributed by atoms with Crippen LogP contribution in [0.4, 0.5) is 0 Å². The number of aryl methyl sites for hydroxylation is 1. The van der Waals surface area contributed by atoms with Gasteiger partial charge in [-0.05, 0) is 44.5 Å². The average molecular weight is 223 g/mol. The van der Waals surface area contributed by atoms with E-state index in [0.29, 0.717) is 0 Å². The maximum Gasteiger partial charge on any atom is 0.0101 e. The Morgan fingerprint density at radius 1 is 1.33 bits per heavy atom. The predicted molar refractivity (Wildman–Crippen MR) is 69.6 cm³/mol. The standard InChI is InChI=1S/C13H21NS/c1-11(8-9-14-3)10-15-13-7-5-4-6-12(13)2/h4-7,11,14H,8-10H2,1-3H3. The van der Waals surface area contributed by atoms with Gasteiger partial charge in [0.25, 0.3) is 0 Å². The minimum absolute atomic E-state index is 0.780. The van der Waals surface area contributed by atoms with Gasteiger partial charge in [0, 0.05) is 10.6 Å². The van der Waals surface area contributed by atoms with Crippen molar-refractivity contribution in [2.45, 2.75) is 25.2 Å². The van der Waals surface area contributed by atoms with Crippen LogP contribution >= 0.6 is 11.8 Å². The van der Waals surface area contributed by atoms with Gasteiger partial charge in [0.05, 0.1) is 0 Å². The van der Waals surface area contributed by atoms with E-state index in [0.717, 1.165) is 12.5 Å². The molecule has 0 saturated carbocycles. The first-order valence-electron chi connectivity index (χ1n) is 5.57. The van der Waals surface area contributed by atoms with E-state index in [1.807, 2.05) is 18.8 Å². The van der Waals surface area contributed by atoms with Crippen molar-refractivity contribution in [1.29, 1.82) is 0 Å². The van der Waals surface area contributed by atoms with Crippen LogP contribution in [-0.2, 0) is 0 Å². The third-order valence-corrected chi connectivity index (χ3v) is 4.01. The molecule has 1 unspecified atom stereocenters. The molecule has 1 aromatic carbocycles. The molecule has 0 heterocycles. The topological polar surface area (TPSA) is 12.0 Å². The normalized spacial score (nSPS) is 12.7. The van der Waals surface area contributed by atoms with E-state index < -0.39 is 0 Å². The molecule has 0 aromatic heterocycles. The molecule has 84 valence electrons. The summed E-state index contributed by atoms with van der Waals surface area (Å²) >= 11 is 1.98. The first kappa shape index (κ1) is 12.6. The molecule has 0 aliphatic carbocycles. The Morgan fingerprint density at radius 2 is 2.07 bits per heavy atom. The molecule has 2 heteroatoms. The lowest BCUT2D eigenvalue weighted by Crippen LogP contribution is -2.12. The van der Waals surface area contributed by atoms with E-state index in [4.69, 9.17) is 0 Å². The van der Waals surface area contributed by atoms with E-state index in [1.165, 1.54) is 22.6 Å². The average Bonchev–Trinajstić information content (AvgIpc) is 2.25. The minimum Gasteiger partial charge on any atom is -0.320 e. The van der Waals surface area contributed by atoms with Gasteiger partial charge in [-0.3, -0.25) is 0 Å². The summed E-state index contributed by atoms with van der Waals surface area (Å²) in [5.74, 6) is 1.99. The van der Waals surface area contributed by atoms with Crippen molar-refractivity contribution in [1.82, 2.24) is 5.32 Å². The van der Waals surface area contributed by atoms with Crippen molar-refractivity contribution in [3.8, 4) is 0 Å². The van der Waals surface area contributed by atoms with Crippen LogP contribution in [-0.4, -0.2) is 19.3 Å². The lowest BCUT2D eigenvalue weighted by Gasteiger charge is -2.11. The van der Waals surface area contributed by atoms with Gasteiger partial charge >= 0.3 is 0 Å². The van der Waals surface area contributed by atoms with Gasteiger partial charge in [0.2, 0.25) is 0 Å². The zero-order valence-electron chi connectivity index (χ0n) is 9.92. The quantitative estimate of drug-likeness (QED) is 0.742. The van der Waals surface area contributed by atoms with Crippen LogP contribution in [0.2, 0.25) is 0 Å². The number of thioether (sulfide) groups is 1. The fourth-order valence-electron chi connectivity index (χ4n) is 1.42. The van der Waals surface area contributed by atoms with Gasteiger partial charge in [-0.25, -0.2) is 0 Å². The van der Waals surface area contributed by atoms with Gasteiger partial charge in [0.1, 0.15) is 0 Å². The molecule has 0 radical (unpaired) electrons. The van der Waals surface area contributed by atoms with E-state index >= 15 is 0 Å². The Bertz CT molecular complexity index is 286. The molecule has 0 fully saturated rings. The molecule has 15 heavy (non-hydrogen) atoms. The van der Waals surface area contributed by atoms with Crippen molar-refractivity contribution < 1.29 is 0 Å². The van der Waals surface area contributed by atoms with Crippen LogP contribution in [0.25, 0.3) is 0 Å². The molecule has 1 nitrogen and oxygen atoms in total. The van der Waals surface area contributed by atoms with Crippen LogP contribution in [0.3, 0.4) is 0 Å². The number of hydrogen-bond donors (Lipinski definition) is 1. The fraction of sp³-hybridized carbons (Fsp3) is 0.538. The highest BCUT2D eigenvalue weighted by atomic mass is 32.2. The summed E-state index contributed by atoms with van der Waals surface area (Å²) in [4.78, 5) is 1.42. The molecule has 0 bridgehead atoms. The number of hydrogen-bond acceptors (Lipinski definition) is 2. The second-order valence-corrected chi connectivity index (χ2v) is 5.14. The molecular weight excluding hydrogens is 202 g/mol. The van der Waals surface area contributed by atoms with Gasteiger partial charge in [-0.2, -0.15) is 0 Å². The zero-order valence-corrected chi connectivity index (χ0v) is 10.7. The number of nitrogens with one attached hydrogen (secondary N) is 1. The summed E-state index contributed by atoms with van der Waals surface area (Å²) in [5, 5.41) is 3.20. The molecule has 0 aliphatic rings. The van der Waals surface area contributed by atoms with Crippen molar-refractivity contribution in [3.63, 3.8) is 0 Å².